The number of amides is 3. The van der Waals surface area contributed by atoms with Crippen molar-refractivity contribution in [2.75, 3.05) is 23.9 Å². The Labute approximate surface area is 254 Å². The van der Waals surface area contributed by atoms with Gasteiger partial charge in [-0.3, -0.25) is 24.1 Å². The summed E-state index contributed by atoms with van der Waals surface area (Å²) in [5.74, 6) is -1.74. The predicted molar refractivity (Wildman–Crippen MR) is 168 cm³/mol. The summed E-state index contributed by atoms with van der Waals surface area (Å²) < 4.78 is 5.25. The van der Waals surface area contributed by atoms with Crippen molar-refractivity contribution in [3.05, 3.63) is 126 Å². The molecule has 0 saturated carbocycles. The smallest absolute Gasteiger partial charge is 0.299 e. The second-order valence-corrected chi connectivity index (χ2v) is 10.6. The molecule has 4 aromatic carbocycles. The molecule has 1 aromatic heterocycles. The number of carbonyl (C=O) groups is 4. The van der Waals surface area contributed by atoms with Crippen LogP contribution in [0.4, 0.5) is 11.4 Å². The fourth-order valence-electron chi connectivity index (χ4n) is 5.58. The predicted octanol–water partition coefficient (Wildman–Crippen LogP) is 5.42. The maximum atomic E-state index is 14.4. The van der Waals surface area contributed by atoms with E-state index in [1.807, 2.05) is 55.5 Å². The molecule has 2 N–H and O–H groups in total. The minimum absolute atomic E-state index is 0.0866. The van der Waals surface area contributed by atoms with E-state index < -0.39 is 36.1 Å². The van der Waals surface area contributed by atoms with Crippen LogP contribution in [0.15, 0.2) is 103 Å². The number of anilines is 2. The van der Waals surface area contributed by atoms with Gasteiger partial charge in [0.15, 0.2) is 0 Å². The quantitative estimate of drug-likeness (QED) is 0.224. The number of ketones is 1. The van der Waals surface area contributed by atoms with Crippen LogP contribution in [0.2, 0.25) is 0 Å². The molecule has 9 heteroatoms. The summed E-state index contributed by atoms with van der Waals surface area (Å²) in [7, 11) is 1.56. The highest BCUT2D eigenvalue weighted by Gasteiger charge is 2.40. The summed E-state index contributed by atoms with van der Waals surface area (Å²) in [5.41, 5.74) is 4.33. The van der Waals surface area contributed by atoms with E-state index in [1.54, 1.807) is 61.8 Å². The Morgan fingerprint density at radius 2 is 1.61 bits per heavy atom. The van der Waals surface area contributed by atoms with E-state index in [0.717, 1.165) is 22.0 Å². The highest BCUT2D eigenvalue weighted by Crippen LogP contribution is 2.33. The molecule has 220 valence electrons. The number of para-hydroxylation sites is 2. The van der Waals surface area contributed by atoms with Crippen LogP contribution < -0.4 is 15.0 Å². The summed E-state index contributed by atoms with van der Waals surface area (Å²) in [4.78, 5) is 60.4. The van der Waals surface area contributed by atoms with Crippen molar-refractivity contribution in [2.24, 2.45) is 0 Å². The normalized spacial score (nSPS) is 13.1. The average molecular weight is 587 g/mol. The van der Waals surface area contributed by atoms with E-state index in [2.05, 4.69) is 10.3 Å². The molecule has 0 radical (unpaired) electrons. The Morgan fingerprint density at radius 3 is 2.39 bits per heavy atom. The first-order valence-corrected chi connectivity index (χ1v) is 14.2. The van der Waals surface area contributed by atoms with Gasteiger partial charge in [-0.25, -0.2) is 0 Å². The lowest BCUT2D eigenvalue weighted by atomic mass is 10.0. The summed E-state index contributed by atoms with van der Waals surface area (Å²) >= 11 is 0. The topological polar surface area (TPSA) is 112 Å². The fraction of sp³-hybridized carbons (Fsp3) is 0.143. The van der Waals surface area contributed by atoms with Crippen molar-refractivity contribution in [3.63, 3.8) is 0 Å². The minimum Gasteiger partial charge on any atom is -0.497 e. The van der Waals surface area contributed by atoms with E-state index in [1.165, 1.54) is 9.80 Å². The van der Waals surface area contributed by atoms with Gasteiger partial charge >= 0.3 is 0 Å². The van der Waals surface area contributed by atoms with Crippen molar-refractivity contribution in [1.29, 1.82) is 0 Å². The van der Waals surface area contributed by atoms with Gasteiger partial charge in [0.1, 0.15) is 18.3 Å². The largest absolute Gasteiger partial charge is 0.497 e. The van der Waals surface area contributed by atoms with Crippen LogP contribution in [-0.4, -0.2) is 47.0 Å². The summed E-state index contributed by atoms with van der Waals surface area (Å²) in [6.45, 7) is 1.61. The zero-order valence-electron chi connectivity index (χ0n) is 24.2. The molecule has 1 aliphatic heterocycles. The van der Waals surface area contributed by atoms with E-state index >= 15 is 0 Å². The first-order chi connectivity index (χ1) is 21.4. The number of nitrogens with one attached hydrogen (secondary N) is 2. The zero-order valence-corrected chi connectivity index (χ0v) is 24.2. The minimum atomic E-state index is -1.09. The highest BCUT2D eigenvalue weighted by atomic mass is 16.5. The zero-order chi connectivity index (χ0) is 30.8. The summed E-state index contributed by atoms with van der Waals surface area (Å²) in [5, 5.41) is 3.75. The molecule has 2 heterocycles. The molecule has 0 aliphatic carbocycles. The van der Waals surface area contributed by atoms with Gasteiger partial charge in [0.2, 0.25) is 5.91 Å². The van der Waals surface area contributed by atoms with Crippen molar-refractivity contribution in [2.45, 2.75) is 19.5 Å². The van der Waals surface area contributed by atoms with Crippen LogP contribution >= 0.6 is 0 Å². The van der Waals surface area contributed by atoms with Crippen LogP contribution in [-0.2, 0) is 20.9 Å². The number of nitrogens with zero attached hydrogens (tertiary/aromatic N) is 2. The van der Waals surface area contributed by atoms with Gasteiger partial charge < -0.3 is 19.9 Å². The molecule has 1 aliphatic rings. The summed E-state index contributed by atoms with van der Waals surface area (Å²) in [6, 6.07) is 27.6. The number of ether oxygens (including phenoxy) is 1. The second-order valence-electron chi connectivity index (χ2n) is 10.6. The van der Waals surface area contributed by atoms with Gasteiger partial charge in [-0.05, 0) is 60.5 Å². The number of aryl methyl sites for hydroxylation is 1. The first kappa shape index (κ1) is 28.4. The van der Waals surface area contributed by atoms with Crippen LogP contribution in [0.3, 0.4) is 0 Å². The van der Waals surface area contributed by atoms with Crippen molar-refractivity contribution in [1.82, 2.24) is 9.88 Å². The van der Waals surface area contributed by atoms with Gasteiger partial charge in [-0.1, -0.05) is 54.6 Å². The monoisotopic (exact) mass is 586 g/mol. The van der Waals surface area contributed by atoms with Crippen LogP contribution in [0, 0.1) is 6.92 Å². The number of hydrogen-bond donors (Lipinski definition) is 2. The molecule has 0 spiro atoms. The number of rotatable bonds is 9. The Morgan fingerprint density at radius 1 is 0.909 bits per heavy atom. The van der Waals surface area contributed by atoms with Crippen molar-refractivity contribution >= 4 is 45.8 Å². The van der Waals surface area contributed by atoms with Gasteiger partial charge in [-0.15, -0.1) is 0 Å². The van der Waals surface area contributed by atoms with E-state index in [-0.39, 0.29) is 12.1 Å². The second kappa shape index (κ2) is 11.9. The lowest BCUT2D eigenvalue weighted by molar-refractivity contribution is -0.139. The Balaban J connectivity index is 1.44. The van der Waals surface area contributed by atoms with Crippen LogP contribution in [0.1, 0.15) is 33.1 Å². The van der Waals surface area contributed by atoms with Gasteiger partial charge in [0, 0.05) is 34.9 Å². The molecule has 1 unspecified atom stereocenters. The molecule has 6 rings (SSSR count). The van der Waals surface area contributed by atoms with Crippen LogP contribution in [0.25, 0.3) is 10.9 Å². The van der Waals surface area contributed by atoms with Gasteiger partial charge in [0.05, 0.1) is 18.4 Å². The number of aromatic amines is 1. The number of Topliss-reactive ketones (excluding diaryl/α,β-unsaturated/α-hetero) is 1. The van der Waals surface area contributed by atoms with Crippen molar-refractivity contribution < 1.29 is 23.9 Å². The molecular weight excluding hydrogens is 556 g/mol. The molecule has 0 fully saturated rings. The first-order valence-electron chi connectivity index (χ1n) is 14.2. The van der Waals surface area contributed by atoms with Crippen LogP contribution in [0.5, 0.6) is 5.75 Å². The average Bonchev–Trinajstić information content (AvgIpc) is 3.57. The van der Waals surface area contributed by atoms with Crippen molar-refractivity contribution in [3.8, 4) is 5.75 Å². The molecule has 44 heavy (non-hydrogen) atoms. The molecule has 1 atom stereocenters. The van der Waals surface area contributed by atoms with E-state index in [0.29, 0.717) is 22.7 Å². The Hall–Kier alpha value is -5.70. The van der Waals surface area contributed by atoms with E-state index in [4.69, 9.17) is 4.74 Å². The molecular formula is C35H30N4O5. The number of carbonyl (C=O) groups excluding carboxylic acids is 4. The third-order valence-corrected chi connectivity index (χ3v) is 7.93. The number of methoxy groups -OCH3 is 1. The number of benzene rings is 4. The van der Waals surface area contributed by atoms with E-state index in [9.17, 15) is 19.2 Å². The number of fused-ring (bicyclic) bond motifs is 2. The SMILES string of the molecule is COc1ccc(NC(=O)C(c2c[nH]c3ccccc23)N(Cc2ccccc2C)C(=O)CN2C(=O)C(=O)c3ccccc32)cc1. The van der Waals surface area contributed by atoms with Gasteiger partial charge in [-0.2, -0.15) is 0 Å². The summed E-state index contributed by atoms with van der Waals surface area (Å²) in [6.07, 6.45) is 1.74. The third-order valence-electron chi connectivity index (χ3n) is 7.93. The Bertz CT molecular complexity index is 1900. The molecule has 5 aromatic rings. The molecule has 3 amide bonds. The fourth-order valence-corrected chi connectivity index (χ4v) is 5.58. The lowest BCUT2D eigenvalue weighted by Gasteiger charge is -2.33. The maximum Gasteiger partial charge on any atom is 0.299 e. The number of H-pyrrole nitrogens is 1. The number of hydrogen-bond acceptors (Lipinski definition) is 5. The number of aromatic nitrogens is 1. The Kier molecular flexibility index (Phi) is 7.68. The third kappa shape index (κ3) is 5.31. The van der Waals surface area contributed by atoms with Gasteiger partial charge in [0.25, 0.3) is 17.6 Å². The molecule has 0 saturated heterocycles. The highest BCUT2D eigenvalue weighted by molar-refractivity contribution is 6.52. The molecule has 0 bridgehead atoms. The standard InChI is InChI=1S/C35H30N4O5/c1-22-9-3-4-10-23(22)20-39(31(40)21-38-30-14-8-6-12-27(30)33(41)35(38)43)32(28-19-36-29-13-7-5-11-26(28)29)34(42)37-24-15-17-25(44-2)18-16-24/h3-19,32,36H,20-21H2,1-2H3,(H,37,42). The maximum absolute atomic E-state index is 14.4. The lowest BCUT2D eigenvalue weighted by Crippen LogP contribution is -2.46. The molecule has 9 nitrogen and oxygen atoms in total.